The molecule has 0 aromatic rings. The molecule has 0 aliphatic heterocycles. The molecular formula is C14H28OS. The summed E-state index contributed by atoms with van der Waals surface area (Å²) < 4.78 is 0. The van der Waals surface area contributed by atoms with Gasteiger partial charge in [0.15, 0.2) is 5.12 Å². The van der Waals surface area contributed by atoms with Crippen molar-refractivity contribution in [2.24, 2.45) is 5.92 Å². The minimum Gasteiger partial charge on any atom is -0.288 e. The zero-order chi connectivity index (χ0) is 12.2. The Kier molecular flexibility index (Phi) is 11.5. The molecule has 96 valence electrons. The van der Waals surface area contributed by atoms with E-state index < -0.39 is 0 Å². The number of unbranched alkanes of at least 4 members (excludes halogenated alkanes) is 4. The summed E-state index contributed by atoms with van der Waals surface area (Å²) in [5.74, 6) is 1.81. The number of hydrogen-bond donors (Lipinski definition) is 0. The molecule has 0 saturated carbocycles. The Morgan fingerprint density at radius 3 is 2.19 bits per heavy atom. The van der Waals surface area contributed by atoms with Crippen LogP contribution in [0.5, 0.6) is 0 Å². The first-order valence-corrected chi connectivity index (χ1v) is 7.82. The minimum absolute atomic E-state index is 0.273. The fourth-order valence-electron chi connectivity index (χ4n) is 1.90. The maximum absolute atomic E-state index is 11.0. The first kappa shape index (κ1) is 16.0. The largest absolute Gasteiger partial charge is 0.288 e. The molecular weight excluding hydrogens is 216 g/mol. The predicted octanol–water partition coefficient (Wildman–Crippen LogP) is 5.04. The highest BCUT2D eigenvalue weighted by Crippen LogP contribution is 2.22. The van der Waals surface area contributed by atoms with Crippen molar-refractivity contribution >= 4 is 16.9 Å². The van der Waals surface area contributed by atoms with E-state index in [1.54, 1.807) is 6.92 Å². The topological polar surface area (TPSA) is 17.1 Å². The Morgan fingerprint density at radius 2 is 1.62 bits per heavy atom. The zero-order valence-corrected chi connectivity index (χ0v) is 12.1. The van der Waals surface area contributed by atoms with Gasteiger partial charge in [0, 0.05) is 12.7 Å². The van der Waals surface area contributed by atoms with E-state index in [2.05, 4.69) is 13.8 Å². The van der Waals surface area contributed by atoms with E-state index in [9.17, 15) is 4.79 Å². The van der Waals surface area contributed by atoms with Crippen LogP contribution in [-0.4, -0.2) is 10.9 Å². The molecule has 0 aromatic carbocycles. The lowest BCUT2D eigenvalue weighted by Crippen LogP contribution is -2.05. The highest BCUT2D eigenvalue weighted by Gasteiger charge is 2.09. The maximum atomic E-state index is 11.0. The highest BCUT2D eigenvalue weighted by molar-refractivity contribution is 8.13. The van der Waals surface area contributed by atoms with Crippen LogP contribution >= 0.6 is 11.8 Å². The molecule has 0 amide bonds. The van der Waals surface area contributed by atoms with Gasteiger partial charge in [-0.3, -0.25) is 4.79 Å². The van der Waals surface area contributed by atoms with E-state index in [4.69, 9.17) is 0 Å². The van der Waals surface area contributed by atoms with Crippen molar-refractivity contribution in [2.75, 3.05) is 5.75 Å². The smallest absolute Gasteiger partial charge is 0.185 e. The van der Waals surface area contributed by atoms with Gasteiger partial charge in [-0.2, -0.15) is 0 Å². The van der Waals surface area contributed by atoms with Crippen LogP contribution in [0.1, 0.15) is 72.1 Å². The molecule has 16 heavy (non-hydrogen) atoms. The maximum Gasteiger partial charge on any atom is 0.185 e. The van der Waals surface area contributed by atoms with Gasteiger partial charge in [0.25, 0.3) is 0 Å². The molecule has 0 spiro atoms. The van der Waals surface area contributed by atoms with Gasteiger partial charge in [0.05, 0.1) is 0 Å². The van der Waals surface area contributed by atoms with Crippen LogP contribution in [0.25, 0.3) is 0 Å². The summed E-state index contributed by atoms with van der Waals surface area (Å²) in [6.07, 6.45) is 10.6. The Morgan fingerprint density at radius 1 is 1.00 bits per heavy atom. The van der Waals surface area contributed by atoms with Crippen molar-refractivity contribution < 1.29 is 4.79 Å². The number of thioether (sulfide) groups is 1. The van der Waals surface area contributed by atoms with E-state index in [0.717, 1.165) is 11.7 Å². The van der Waals surface area contributed by atoms with E-state index in [1.807, 2.05) is 0 Å². The summed E-state index contributed by atoms with van der Waals surface area (Å²) in [5.41, 5.74) is 0. The predicted molar refractivity (Wildman–Crippen MR) is 74.9 cm³/mol. The highest BCUT2D eigenvalue weighted by atomic mass is 32.2. The van der Waals surface area contributed by atoms with Gasteiger partial charge in [-0.15, -0.1) is 0 Å². The lowest BCUT2D eigenvalue weighted by molar-refractivity contribution is -0.109. The van der Waals surface area contributed by atoms with Crippen LogP contribution in [0.2, 0.25) is 0 Å². The Bertz CT molecular complexity index is 168. The molecule has 0 fully saturated rings. The molecule has 1 atom stereocenters. The van der Waals surface area contributed by atoms with E-state index >= 15 is 0 Å². The number of carbonyl (C=O) groups excluding carboxylic acids is 1. The summed E-state index contributed by atoms with van der Waals surface area (Å²) in [6.45, 7) is 6.17. The first-order chi connectivity index (χ1) is 7.70. The number of hydrogen-bond acceptors (Lipinski definition) is 2. The van der Waals surface area contributed by atoms with Crippen molar-refractivity contribution in [3.05, 3.63) is 0 Å². The van der Waals surface area contributed by atoms with Crippen molar-refractivity contribution in [2.45, 2.75) is 72.1 Å². The lowest BCUT2D eigenvalue weighted by Gasteiger charge is -2.15. The van der Waals surface area contributed by atoms with Crippen LogP contribution in [0.3, 0.4) is 0 Å². The van der Waals surface area contributed by atoms with E-state index in [1.165, 1.54) is 63.1 Å². The van der Waals surface area contributed by atoms with Gasteiger partial charge in [-0.25, -0.2) is 0 Å². The van der Waals surface area contributed by atoms with Gasteiger partial charge >= 0.3 is 0 Å². The SMILES string of the molecule is CCCCCCC(CCCC)CSC(C)=O. The third kappa shape index (κ3) is 10.5. The monoisotopic (exact) mass is 244 g/mol. The van der Waals surface area contributed by atoms with Crippen LogP contribution in [0, 0.1) is 5.92 Å². The van der Waals surface area contributed by atoms with Crippen molar-refractivity contribution in [3.8, 4) is 0 Å². The second kappa shape index (κ2) is 11.5. The molecule has 0 N–H and O–H groups in total. The second-order valence-corrected chi connectivity index (χ2v) is 5.86. The standard InChI is InChI=1S/C14H28OS/c1-4-6-8-9-11-14(10-7-5-2)12-16-13(3)15/h14H,4-12H2,1-3H3. The molecule has 0 aliphatic carbocycles. The third-order valence-corrected chi connectivity index (χ3v) is 4.00. The lowest BCUT2D eigenvalue weighted by atomic mass is 9.97. The Labute approximate surface area is 106 Å². The number of rotatable bonds is 10. The summed E-state index contributed by atoms with van der Waals surface area (Å²) in [7, 11) is 0. The van der Waals surface area contributed by atoms with Crippen LogP contribution in [-0.2, 0) is 4.79 Å². The molecule has 0 heterocycles. The van der Waals surface area contributed by atoms with Gasteiger partial charge < -0.3 is 0 Å². The molecule has 0 bridgehead atoms. The number of carbonyl (C=O) groups is 1. The summed E-state index contributed by atoms with van der Waals surface area (Å²) >= 11 is 1.51. The molecule has 0 aromatic heterocycles. The van der Waals surface area contributed by atoms with Crippen molar-refractivity contribution in [1.29, 1.82) is 0 Å². The van der Waals surface area contributed by atoms with Crippen LogP contribution in [0.15, 0.2) is 0 Å². The molecule has 0 saturated heterocycles. The molecule has 2 heteroatoms. The quantitative estimate of drug-likeness (QED) is 0.501. The third-order valence-electron chi connectivity index (χ3n) is 2.95. The normalized spacial score (nSPS) is 12.7. The summed E-state index contributed by atoms with van der Waals surface area (Å²) in [5, 5.41) is 0.273. The molecule has 0 radical (unpaired) electrons. The first-order valence-electron chi connectivity index (χ1n) is 6.84. The average Bonchev–Trinajstić information content (AvgIpc) is 2.26. The van der Waals surface area contributed by atoms with Gasteiger partial charge in [0.2, 0.25) is 0 Å². The fraction of sp³-hybridized carbons (Fsp3) is 0.929. The van der Waals surface area contributed by atoms with E-state index in [-0.39, 0.29) is 5.12 Å². The van der Waals surface area contributed by atoms with Crippen LogP contribution in [0.4, 0.5) is 0 Å². The fourth-order valence-corrected chi connectivity index (χ4v) is 2.70. The van der Waals surface area contributed by atoms with Crippen molar-refractivity contribution in [1.82, 2.24) is 0 Å². The molecule has 0 aliphatic rings. The zero-order valence-electron chi connectivity index (χ0n) is 11.3. The van der Waals surface area contributed by atoms with Crippen molar-refractivity contribution in [3.63, 3.8) is 0 Å². The summed E-state index contributed by atoms with van der Waals surface area (Å²) in [4.78, 5) is 11.0. The average molecular weight is 244 g/mol. The van der Waals surface area contributed by atoms with E-state index in [0.29, 0.717) is 0 Å². The molecule has 0 rings (SSSR count). The van der Waals surface area contributed by atoms with Gasteiger partial charge in [-0.05, 0) is 18.8 Å². The second-order valence-electron chi connectivity index (χ2n) is 4.66. The Balaban J connectivity index is 3.66. The van der Waals surface area contributed by atoms with Crippen LogP contribution < -0.4 is 0 Å². The minimum atomic E-state index is 0.273. The molecule has 1 unspecified atom stereocenters. The Hall–Kier alpha value is 0.0200. The summed E-state index contributed by atoms with van der Waals surface area (Å²) in [6, 6.07) is 0. The van der Waals surface area contributed by atoms with Gasteiger partial charge in [0.1, 0.15) is 0 Å². The molecule has 1 nitrogen and oxygen atoms in total. The van der Waals surface area contributed by atoms with Gasteiger partial charge in [-0.1, -0.05) is 64.1 Å².